The van der Waals surface area contributed by atoms with Gasteiger partial charge in [0.1, 0.15) is 18.1 Å². The molecule has 12 nitrogen and oxygen atoms in total. The molecule has 6 N–H and O–H groups in total. The molecule has 12 heteroatoms. The second-order valence-corrected chi connectivity index (χ2v) is 10.6. The average Bonchev–Trinajstić information content (AvgIpc) is 3.03. The van der Waals surface area contributed by atoms with Crippen LogP contribution >= 0.6 is 0 Å². The largest absolute Gasteiger partial charge is 0.465 e. The van der Waals surface area contributed by atoms with Gasteiger partial charge in [-0.1, -0.05) is 54.6 Å². The van der Waals surface area contributed by atoms with Crippen molar-refractivity contribution in [2.75, 3.05) is 19.8 Å². The van der Waals surface area contributed by atoms with Gasteiger partial charge in [0.05, 0.1) is 32.3 Å². The van der Waals surface area contributed by atoms with Gasteiger partial charge in [-0.2, -0.15) is 0 Å². The minimum absolute atomic E-state index is 0.0588. The summed E-state index contributed by atoms with van der Waals surface area (Å²) in [7, 11) is 0. The molecule has 3 amide bonds. The molecule has 45 heavy (non-hydrogen) atoms. The van der Waals surface area contributed by atoms with E-state index in [1.807, 2.05) is 54.6 Å². The molecule has 0 saturated heterocycles. The van der Waals surface area contributed by atoms with Crippen molar-refractivity contribution < 1.29 is 38.6 Å². The van der Waals surface area contributed by atoms with Crippen molar-refractivity contribution in [1.82, 2.24) is 16.0 Å². The molecule has 0 saturated carbocycles. The highest BCUT2D eigenvalue weighted by Gasteiger charge is 2.26. The van der Waals surface area contributed by atoms with E-state index in [0.717, 1.165) is 16.7 Å². The zero-order valence-corrected chi connectivity index (χ0v) is 26.3. The maximum atomic E-state index is 12.9. The Kier molecular flexibility index (Phi) is 16.3. The van der Waals surface area contributed by atoms with Crippen molar-refractivity contribution >= 4 is 29.7 Å². The van der Waals surface area contributed by atoms with Gasteiger partial charge in [-0.3, -0.25) is 19.2 Å². The summed E-state index contributed by atoms with van der Waals surface area (Å²) in [5, 5.41) is 17.6. The van der Waals surface area contributed by atoms with Crippen LogP contribution in [0.25, 0.3) is 11.1 Å². The van der Waals surface area contributed by atoms with Crippen LogP contribution in [0.5, 0.6) is 0 Å². The summed E-state index contributed by atoms with van der Waals surface area (Å²) >= 11 is 0. The maximum absolute atomic E-state index is 12.9. The van der Waals surface area contributed by atoms with E-state index in [-0.39, 0.29) is 45.0 Å². The number of nitrogens with two attached hydrogens (primary N) is 1. The molecular weight excluding hydrogens is 580 g/mol. The molecule has 0 aromatic heterocycles. The normalized spacial score (nSPS) is 13.4. The number of nitrogens with one attached hydrogen (secondary N) is 3. The van der Waals surface area contributed by atoms with Crippen LogP contribution < -0.4 is 21.7 Å². The smallest absolute Gasteiger partial charge is 0.328 e. The SMILES string of the molecule is CCOC(=O)C(N)CCCC(CO)NC(=O)CCC(NC(=O)C(C)NC(=O)Cc1ccc(-c2ccccc2)cc1)C(=O)OCC. The predicted molar refractivity (Wildman–Crippen MR) is 168 cm³/mol. The third-order valence-corrected chi connectivity index (χ3v) is 6.99. The van der Waals surface area contributed by atoms with Crippen molar-refractivity contribution in [1.29, 1.82) is 0 Å². The quantitative estimate of drug-likeness (QED) is 0.145. The highest BCUT2D eigenvalue weighted by molar-refractivity contribution is 5.91. The number of carbonyl (C=O) groups excluding carboxylic acids is 5. The molecule has 2 aromatic carbocycles. The van der Waals surface area contributed by atoms with Crippen LogP contribution in [0.15, 0.2) is 54.6 Å². The van der Waals surface area contributed by atoms with Crippen molar-refractivity contribution in [3.8, 4) is 11.1 Å². The topological polar surface area (TPSA) is 186 Å². The summed E-state index contributed by atoms with van der Waals surface area (Å²) < 4.78 is 9.94. The van der Waals surface area contributed by atoms with E-state index in [0.29, 0.717) is 19.3 Å². The first-order valence-corrected chi connectivity index (χ1v) is 15.3. The number of esters is 2. The Morgan fingerprint density at radius 1 is 0.778 bits per heavy atom. The van der Waals surface area contributed by atoms with Crippen LogP contribution in [-0.4, -0.2) is 78.8 Å². The molecule has 0 bridgehead atoms. The van der Waals surface area contributed by atoms with Gasteiger partial charge in [0.25, 0.3) is 0 Å². The summed E-state index contributed by atoms with van der Waals surface area (Å²) in [6, 6.07) is 14.0. The minimum atomic E-state index is -1.12. The molecule has 0 fully saturated rings. The second kappa shape index (κ2) is 19.9. The Balaban J connectivity index is 1.85. The number of rotatable bonds is 19. The molecule has 0 aliphatic heterocycles. The first kappa shape index (κ1) is 36.9. The second-order valence-electron chi connectivity index (χ2n) is 10.6. The summed E-state index contributed by atoms with van der Waals surface area (Å²) in [6.07, 6.45) is 1.04. The number of amides is 3. The van der Waals surface area contributed by atoms with Gasteiger partial charge in [-0.15, -0.1) is 0 Å². The third-order valence-electron chi connectivity index (χ3n) is 6.99. The first-order valence-electron chi connectivity index (χ1n) is 15.3. The number of hydrogen-bond acceptors (Lipinski definition) is 9. The minimum Gasteiger partial charge on any atom is -0.465 e. The predicted octanol–water partition coefficient (Wildman–Crippen LogP) is 1.77. The van der Waals surface area contributed by atoms with Crippen LogP contribution in [0, 0.1) is 0 Å². The fraction of sp³-hybridized carbons (Fsp3) is 0.485. The molecule has 2 aromatic rings. The van der Waals surface area contributed by atoms with Crippen LogP contribution in [0.2, 0.25) is 0 Å². The van der Waals surface area contributed by atoms with Gasteiger partial charge >= 0.3 is 11.9 Å². The Labute approximate surface area is 264 Å². The van der Waals surface area contributed by atoms with Crippen molar-refractivity contribution in [2.45, 2.75) is 83.5 Å². The van der Waals surface area contributed by atoms with Gasteiger partial charge < -0.3 is 36.3 Å². The number of aliphatic hydroxyl groups is 1. The molecule has 4 atom stereocenters. The van der Waals surface area contributed by atoms with Crippen molar-refractivity contribution in [2.24, 2.45) is 5.73 Å². The monoisotopic (exact) mass is 626 g/mol. The summed E-state index contributed by atoms with van der Waals surface area (Å²) in [5.74, 6) is -2.62. The Morgan fingerprint density at radius 3 is 2.02 bits per heavy atom. The molecule has 4 unspecified atom stereocenters. The Morgan fingerprint density at radius 2 is 1.40 bits per heavy atom. The van der Waals surface area contributed by atoms with E-state index < -0.39 is 47.9 Å². The zero-order valence-electron chi connectivity index (χ0n) is 26.3. The Hall–Kier alpha value is -4.29. The highest BCUT2D eigenvalue weighted by Crippen LogP contribution is 2.19. The number of aliphatic hydroxyl groups excluding tert-OH is 1. The lowest BCUT2D eigenvalue weighted by Gasteiger charge is -2.21. The van der Waals surface area contributed by atoms with Gasteiger partial charge in [0.2, 0.25) is 17.7 Å². The van der Waals surface area contributed by atoms with Crippen LogP contribution in [0.3, 0.4) is 0 Å². The number of hydrogen-bond donors (Lipinski definition) is 5. The molecule has 0 aliphatic carbocycles. The summed E-state index contributed by atoms with van der Waals surface area (Å²) in [6.45, 7) is 4.79. The molecule has 0 radical (unpaired) electrons. The van der Waals surface area contributed by atoms with Crippen LogP contribution in [-0.2, 0) is 39.9 Å². The van der Waals surface area contributed by atoms with Crippen LogP contribution in [0.1, 0.15) is 58.4 Å². The third kappa shape index (κ3) is 13.5. The number of carbonyl (C=O) groups is 5. The lowest BCUT2D eigenvalue weighted by Crippen LogP contribution is -2.51. The molecule has 0 heterocycles. The average molecular weight is 627 g/mol. The molecule has 2 rings (SSSR count). The number of benzene rings is 2. The van der Waals surface area contributed by atoms with E-state index in [2.05, 4.69) is 16.0 Å². The molecular formula is C33H46N4O8. The molecule has 246 valence electrons. The van der Waals surface area contributed by atoms with Gasteiger partial charge in [-0.05, 0) is 63.1 Å². The van der Waals surface area contributed by atoms with Crippen molar-refractivity contribution in [3.63, 3.8) is 0 Å². The van der Waals surface area contributed by atoms with E-state index in [1.165, 1.54) is 6.92 Å². The van der Waals surface area contributed by atoms with Crippen LogP contribution in [0.4, 0.5) is 0 Å². The molecule has 0 spiro atoms. The standard InChI is InChI=1S/C33H46N4O8/c1-4-44-32(42)27(34)13-9-12-26(21-38)36-29(39)19-18-28(33(43)45-5-2)37-31(41)22(3)35-30(40)20-23-14-16-25(17-15-23)24-10-7-6-8-11-24/h6-8,10-11,14-17,22,26-28,38H,4-5,9,12-13,18-21,34H2,1-3H3,(H,35,40)(H,36,39)(H,37,41). The highest BCUT2D eigenvalue weighted by atomic mass is 16.5. The molecule has 0 aliphatic rings. The van der Waals surface area contributed by atoms with Gasteiger partial charge in [0, 0.05) is 6.42 Å². The lowest BCUT2D eigenvalue weighted by molar-refractivity contribution is -0.148. The fourth-order valence-corrected chi connectivity index (χ4v) is 4.51. The van der Waals surface area contributed by atoms with Gasteiger partial charge in [-0.25, -0.2) is 4.79 Å². The van der Waals surface area contributed by atoms with E-state index >= 15 is 0 Å². The number of ether oxygens (including phenoxy) is 2. The summed E-state index contributed by atoms with van der Waals surface area (Å²) in [4.78, 5) is 62.3. The zero-order chi connectivity index (χ0) is 33.2. The van der Waals surface area contributed by atoms with E-state index in [1.54, 1.807) is 13.8 Å². The maximum Gasteiger partial charge on any atom is 0.328 e. The summed E-state index contributed by atoms with van der Waals surface area (Å²) in [5.41, 5.74) is 8.65. The van der Waals surface area contributed by atoms with E-state index in [9.17, 15) is 29.1 Å². The lowest BCUT2D eigenvalue weighted by atomic mass is 10.0. The van der Waals surface area contributed by atoms with Gasteiger partial charge in [0.15, 0.2) is 0 Å². The Bertz CT molecular complexity index is 1240. The van der Waals surface area contributed by atoms with Crippen molar-refractivity contribution in [3.05, 3.63) is 60.2 Å². The fourth-order valence-electron chi connectivity index (χ4n) is 4.51. The first-order chi connectivity index (χ1) is 21.6. The van der Waals surface area contributed by atoms with E-state index in [4.69, 9.17) is 15.2 Å².